The summed E-state index contributed by atoms with van der Waals surface area (Å²) in [5.41, 5.74) is 5.88. The van der Waals surface area contributed by atoms with Crippen molar-refractivity contribution in [1.82, 2.24) is 0 Å². The third-order valence-corrected chi connectivity index (χ3v) is 2.52. The van der Waals surface area contributed by atoms with Crippen LogP contribution in [0.2, 0.25) is 5.02 Å². The van der Waals surface area contributed by atoms with E-state index in [1.54, 1.807) is 6.92 Å². The van der Waals surface area contributed by atoms with Gasteiger partial charge in [-0.3, -0.25) is 4.79 Å². The van der Waals surface area contributed by atoms with Crippen molar-refractivity contribution < 1.29 is 14.6 Å². The molecule has 0 radical (unpaired) electrons. The van der Waals surface area contributed by atoms with E-state index < -0.39 is 0 Å². The number of carbonyl (C=O) groups excluding carboxylic acids is 1. The molecule has 1 rings (SSSR count). The lowest BCUT2D eigenvalue weighted by Gasteiger charge is -2.11. The molecule has 0 aliphatic carbocycles. The van der Waals surface area contributed by atoms with Crippen molar-refractivity contribution in [3.8, 4) is 11.5 Å². The van der Waals surface area contributed by atoms with E-state index in [0.717, 1.165) is 0 Å². The largest absolute Gasteiger partial charge is 0.504 e. The van der Waals surface area contributed by atoms with Crippen LogP contribution in [0.1, 0.15) is 15.9 Å². The molecular weight excluding hydrogens is 218 g/mol. The van der Waals surface area contributed by atoms with E-state index in [2.05, 4.69) is 0 Å². The maximum absolute atomic E-state index is 11.4. The van der Waals surface area contributed by atoms with Gasteiger partial charge in [-0.15, -0.1) is 0 Å². The van der Waals surface area contributed by atoms with Gasteiger partial charge in [0, 0.05) is 10.6 Å². The lowest BCUT2D eigenvalue weighted by molar-refractivity contribution is 0.0998. The van der Waals surface area contributed by atoms with Gasteiger partial charge in [0.25, 0.3) is 0 Å². The van der Waals surface area contributed by atoms with Gasteiger partial charge in [0.1, 0.15) is 0 Å². The van der Waals surface area contributed by atoms with Crippen LogP contribution >= 0.6 is 11.6 Å². The molecule has 15 heavy (non-hydrogen) atoms. The van der Waals surface area contributed by atoms with Gasteiger partial charge in [0.15, 0.2) is 17.3 Å². The highest BCUT2D eigenvalue weighted by molar-refractivity contribution is 6.32. The minimum Gasteiger partial charge on any atom is -0.504 e. The molecule has 4 nitrogen and oxygen atoms in total. The van der Waals surface area contributed by atoms with E-state index in [1.807, 2.05) is 0 Å². The number of phenols is 1. The van der Waals surface area contributed by atoms with Gasteiger partial charge >= 0.3 is 0 Å². The van der Waals surface area contributed by atoms with Crippen LogP contribution in [0, 0.1) is 6.92 Å². The van der Waals surface area contributed by atoms with Crippen molar-refractivity contribution in [2.75, 3.05) is 13.7 Å². The van der Waals surface area contributed by atoms with Crippen molar-refractivity contribution in [3.63, 3.8) is 0 Å². The van der Waals surface area contributed by atoms with Gasteiger partial charge in [-0.2, -0.15) is 0 Å². The SMILES string of the molecule is COc1c(C)c(Cl)cc(C(=O)CN)c1O. The number of halogens is 1. The van der Waals surface area contributed by atoms with Gasteiger partial charge in [0.2, 0.25) is 0 Å². The fraction of sp³-hybridized carbons (Fsp3) is 0.300. The fourth-order valence-corrected chi connectivity index (χ4v) is 1.48. The van der Waals surface area contributed by atoms with Crippen molar-refractivity contribution >= 4 is 17.4 Å². The molecular formula is C10H12ClNO3. The lowest BCUT2D eigenvalue weighted by Crippen LogP contribution is -2.14. The maximum atomic E-state index is 11.4. The molecule has 1 aromatic rings. The van der Waals surface area contributed by atoms with Gasteiger partial charge in [-0.25, -0.2) is 0 Å². The number of carbonyl (C=O) groups is 1. The highest BCUT2D eigenvalue weighted by Crippen LogP contribution is 2.37. The Bertz CT molecular complexity index is 404. The number of ether oxygens (including phenoxy) is 1. The summed E-state index contributed by atoms with van der Waals surface area (Å²) < 4.78 is 4.96. The second-order valence-electron chi connectivity index (χ2n) is 3.04. The van der Waals surface area contributed by atoms with E-state index in [4.69, 9.17) is 22.1 Å². The summed E-state index contributed by atoms with van der Waals surface area (Å²) in [6.07, 6.45) is 0. The quantitative estimate of drug-likeness (QED) is 0.771. The maximum Gasteiger partial charge on any atom is 0.180 e. The predicted octanol–water partition coefficient (Wildman–Crippen LogP) is 1.50. The molecule has 0 amide bonds. The molecule has 0 unspecified atom stereocenters. The third-order valence-electron chi connectivity index (χ3n) is 2.13. The Morgan fingerprint density at radius 1 is 1.67 bits per heavy atom. The molecule has 0 saturated carbocycles. The molecule has 0 bridgehead atoms. The Balaban J connectivity index is 3.43. The molecule has 0 fully saturated rings. The molecule has 0 atom stereocenters. The first-order valence-corrected chi connectivity index (χ1v) is 4.70. The second kappa shape index (κ2) is 4.51. The Labute approximate surface area is 92.6 Å². The smallest absolute Gasteiger partial charge is 0.180 e. The van der Waals surface area contributed by atoms with Crippen LogP contribution in [0.4, 0.5) is 0 Å². The molecule has 0 aliphatic heterocycles. The summed E-state index contributed by atoms with van der Waals surface area (Å²) in [5.74, 6) is -0.387. The van der Waals surface area contributed by atoms with Crippen molar-refractivity contribution in [1.29, 1.82) is 0 Å². The number of benzene rings is 1. The third kappa shape index (κ3) is 2.06. The molecule has 0 aromatic heterocycles. The monoisotopic (exact) mass is 229 g/mol. The average molecular weight is 230 g/mol. The number of nitrogens with two attached hydrogens (primary N) is 1. The number of ketones is 1. The van der Waals surface area contributed by atoms with Crippen LogP contribution in [0.25, 0.3) is 0 Å². The van der Waals surface area contributed by atoms with E-state index in [-0.39, 0.29) is 29.4 Å². The van der Waals surface area contributed by atoms with Crippen LogP contribution in [-0.2, 0) is 0 Å². The summed E-state index contributed by atoms with van der Waals surface area (Å²) >= 11 is 5.89. The topological polar surface area (TPSA) is 72.5 Å². The molecule has 0 spiro atoms. The highest BCUT2D eigenvalue weighted by Gasteiger charge is 2.18. The number of hydrogen-bond acceptors (Lipinski definition) is 4. The van der Waals surface area contributed by atoms with Crippen LogP contribution in [0.3, 0.4) is 0 Å². The van der Waals surface area contributed by atoms with Crippen LogP contribution in [0.5, 0.6) is 11.5 Å². The van der Waals surface area contributed by atoms with Gasteiger partial charge in [-0.1, -0.05) is 11.6 Å². The molecule has 5 heteroatoms. The summed E-state index contributed by atoms with van der Waals surface area (Å²) in [5, 5.41) is 10.1. The highest BCUT2D eigenvalue weighted by atomic mass is 35.5. The number of phenolic OH excluding ortho intramolecular Hbond substituents is 1. The first kappa shape index (κ1) is 11.8. The Kier molecular flexibility index (Phi) is 3.55. The molecule has 3 N–H and O–H groups in total. The summed E-state index contributed by atoms with van der Waals surface area (Å²) in [4.78, 5) is 11.4. The number of Topliss-reactive ketones (excluding diaryl/α,β-unsaturated/α-hetero) is 1. The fourth-order valence-electron chi connectivity index (χ4n) is 1.28. The second-order valence-corrected chi connectivity index (χ2v) is 3.45. The first-order valence-electron chi connectivity index (χ1n) is 4.32. The first-order chi connectivity index (χ1) is 7.02. The van der Waals surface area contributed by atoms with Gasteiger partial charge in [0.05, 0.1) is 19.2 Å². The van der Waals surface area contributed by atoms with E-state index in [1.165, 1.54) is 13.2 Å². The standard InChI is InChI=1S/C10H12ClNO3/c1-5-7(11)3-6(8(13)4-12)9(14)10(5)15-2/h3,14H,4,12H2,1-2H3. The summed E-state index contributed by atoms with van der Waals surface area (Å²) in [6, 6.07) is 1.39. The summed E-state index contributed by atoms with van der Waals surface area (Å²) in [7, 11) is 1.40. The number of hydrogen-bond donors (Lipinski definition) is 2. The van der Waals surface area contributed by atoms with Gasteiger partial charge < -0.3 is 15.6 Å². The molecule has 0 aliphatic rings. The van der Waals surface area contributed by atoms with Crippen LogP contribution in [-0.4, -0.2) is 24.5 Å². The minimum atomic E-state index is -0.382. The van der Waals surface area contributed by atoms with Crippen LogP contribution < -0.4 is 10.5 Å². The van der Waals surface area contributed by atoms with E-state index in [0.29, 0.717) is 10.6 Å². The molecule has 0 saturated heterocycles. The molecule has 1 aromatic carbocycles. The predicted molar refractivity (Wildman–Crippen MR) is 57.8 cm³/mol. The van der Waals surface area contributed by atoms with Crippen molar-refractivity contribution in [2.45, 2.75) is 6.92 Å². The number of aromatic hydroxyl groups is 1. The zero-order chi connectivity index (χ0) is 11.6. The van der Waals surface area contributed by atoms with Crippen LogP contribution in [0.15, 0.2) is 6.07 Å². The van der Waals surface area contributed by atoms with Gasteiger partial charge in [-0.05, 0) is 13.0 Å². The Morgan fingerprint density at radius 3 is 2.73 bits per heavy atom. The number of methoxy groups -OCH3 is 1. The normalized spacial score (nSPS) is 10.1. The average Bonchev–Trinajstić information content (AvgIpc) is 2.23. The zero-order valence-corrected chi connectivity index (χ0v) is 9.26. The summed E-state index contributed by atoms with van der Waals surface area (Å²) in [6.45, 7) is 1.51. The molecule has 0 heterocycles. The van der Waals surface area contributed by atoms with E-state index in [9.17, 15) is 9.90 Å². The van der Waals surface area contributed by atoms with Crippen molar-refractivity contribution in [2.24, 2.45) is 5.73 Å². The van der Waals surface area contributed by atoms with E-state index >= 15 is 0 Å². The minimum absolute atomic E-state index is 0.0879. The number of rotatable bonds is 3. The Morgan fingerprint density at radius 2 is 2.27 bits per heavy atom. The molecule has 82 valence electrons. The lowest BCUT2D eigenvalue weighted by atomic mass is 10.1. The van der Waals surface area contributed by atoms with Crippen molar-refractivity contribution in [3.05, 3.63) is 22.2 Å². The zero-order valence-electron chi connectivity index (χ0n) is 8.50. The Hall–Kier alpha value is -1.26.